The number of carbonyl (C=O) groups is 1. The van der Waals surface area contributed by atoms with E-state index >= 15 is 0 Å². The van der Waals surface area contributed by atoms with E-state index in [1.165, 1.54) is 11.1 Å². The number of fused-ring (bicyclic) bond motifs is 1. The van der Waals surface area contributed by atoms with E-state index in [2.05, 4.69) is 17.4 Å². The van der Waals surface area contributed by atoms with Crippen LogP contribution in [0, 0.1) is 6.92 Å². The molecule has 1 aliphatic rings. The number of anilines is 1. The van der Waals surface area contributed by atoms with Crippen LogP contribution in [0.4, 0.5) is 5.69 Å². The molecule has 0 bridgehead atoms. The number of aryl methyl sites for hydroxylation is 3. The maximum absolute atomic E-state index is 13.8. The lowest BCUT2D eigenvalue weighted by Crippen LogP contribution is -2.41. The Morgan fingerprint density at radius 1 is 0.872 bits per heavy atom. The second-order valence-corrected chi connectivity index (χ2v) is 11.8. The minimum Gasteiger partial charge on any atom is -0.457 e. The fraction of sp³-hybridized carbons (Fsp3) is 0.219. The van der Waals surface area contributed by atoms with Crippen LogP contribution >= 0.6 is 0 Å². The van der Waals surface area contributed by atoms with Gasteiger partial charge in [-0.1, -0.05) is 54.1 Å². The number of hydrogen-bond donors (Lipinski definition) is 1. The average molecular weight is 541 g/mol. The van der Waals surface area contributed by atoms with Crippen LogP contribution < -0.4 is 14.4 Å². The Morgan fingerprint density at radius 2 is 1.54 bits per heavy atom. The number of para-hydroxylation sites is 1. The summed E-state index contributed by atoms with van der Waals surface area (Å²) in [7, 11) is -4.01. The summed E-state index contributed by atoms with van der Waals surface area (Å²) in [5.41, 5.74) is 5.03. The molecule has 0 aliphatic heterocycles. The quantitative estimate of drug-likeness (QED) is 0.268. The first-order valence-electron chi connectivity index (χ1n) is 13.1. The average Bonchev–Trinajstić information content (AvgIpc) is 3.41. The summed E-state index contributed by atoms with van der Waals surface area (Å²) in [6, 6.07) is 28.7. The van der Waals surface area contributed by atoms with Crippen molar-refractivity contribution in [2.75, 3.05) is 10.8 Å². The molecule has 0 radical (unpaired) electrons. The van der Waals surface area contributed by atoms with E-state index in [0.29, 0.717) is 17.2 Å². The molecule has 0 saturated heterocycles. The Labute approximate surface area is 230 Å². The molecule has 1 atom stereocenters. The maximum atomic E-state index is 13.8. The molecule has 6 nitrogen and oxygen atoms in total. The van der Waals surface area contributed by atoms with Crippen LogP contribution in [0.1, 0.15) is 41.6 Å². The molecule has 0 saturated carbocycles. The first-order chi connectivity index (χ1) is 18.8. The maximum Gasteiger partial charge on any atom is 0.264 e. The number of amides is 1. The van der Waals surface area contributed by atoms with Crippen LogP contribution in [0.3, 0.4) is 0 Å². The van der Waals surface area contributed by atoms with Gasteiger partial charge in [0.25, 0.3) is 10.0 Å². The van der Waals surface area contributed by atoms with Gasteiger partial charge in [-0.3, -0.25) is 9.10 Å². The lowest BCUT2D eigenvalue weighted by atomic mass is 10.0. The third kappa shape index (κ3) is 6.15. The largest absolute Gasteiger partial charge is 0.457 e. The van der Waals surface area contributed by atoms with Gasteiger partial charge in [-0.25, -0.2) is 8.42 Å². The van der Waals surface area contributed by atoms with E-state index in [1.54, 1.807) is 48.5 Å². The Kier molecular flexibility index (Phi) is 7.70. The highest BCUT2D eigenvalue weighted by Gasteiger charge is 2.28. The Morgan fingerprint density at radius 3 is 2.26 bits per heavy atom. The predicted molar refractivity (Wildman–Crippen MR) is 154 cm³/mol. The number of sulfonamides is 1. The first-order valence-corrected chi connectivity index (χ1v) is 14.6. The zero-order valence-electron chi connectivity index (χ0n) is 22.1. The number of hydrogen-bond acceptors (Lipinski definition) is 4. The summed E-state index contributed by atoms with van der Waals surface area (Å²) in [5.74, 6) is 0.852. The molecular formula is C32H32N2O4S. The number of nitrogens with one attached hydrogen (secondary N) is 1. The van der Waals surface area contributed by atoms with Crippen molar-refractivity contribution < 1.29 is 17.9 Å². The van der Waals surface area contributed by atoms with Gasteiger partial charge in [0.15, 0.2) is 0 Å². The van der Waals surface area contributed by atoms with Gasteiger partial charge in [0.1, 0.15) is 18.0 Å². The van der Waals surface area contributed by atoms with E-state index < -0.39 is 10.0 Å². The van der Waals surface area contributed by atoms with Crippen LogP contribution in [-0.2, 0) is 27.7 Å². The lowest BCUT2D eigenvalue weighted by Gasteiger charge is -2.25. The summed E-state index contributed by atoms with van der Waals surface area (Å²) in [4.78, 5) is 13.4. The molecule has 4 aromatic carbocycles. The van der Waals surface area contributed by atoms with Gasteiger partial charge in [0.2, 0.25) is 5.91 Å². The van der Waals surface area contributed by atoms with Crippen molar-refractivity contribution >= 4 is 21.6 Å². The molecule has 5 rings (SSSR count). The molecule has 7 heteroatoms. The van der Waals surface area contributed by atoms with Crippen molar-refractivity contribution in [2.45, 2.75) is 44.0 Å². The molecule has 1 N–H and O–H groups in total. The fourth-order valence-corrected chi connectivity index (χ4v) is 6.24. The monoisotopic (exact) mass is 540 g/mol. The Balaban J connectivity index is 1.38. The lowest BCUT2D eigenvalue weighted by molar-refractivity contribution is -0.120. The first kappa shape index (κ1) is 26.5. The number of carbonyl (C=O) groups excluding carboxylic acids is 1. The second kappa shape index (κ2) is 11.3. The van der Waals surface area contributed by atoms with Gasteiger partial charge in [-0.15, -0.1) is 0 Å². The standard InChI is InChI=1S/C32H32N2O4S/c1-23-11-19-31(20-12-23)39(36,37)34(28-15-17-30(18-16-28)38-29-9-4-3-5-10-29)22-32(35)33-24(2)26-14-13-25-7-6-8-27(25)21-26/h3-5,9-21,24H,6-8,22H2,1-2H3,(H,33,35)/t24-/m1/s1. The summed E-state index contributed by atoms with van der Waals surface area (Å²) >= 11 is 0. The molecule has 0 fully saturated rings. The zero-order chi connectivity index (χ0) is 27.4. The van der Waals surface area contributed by atoms with Gasteiger partial charge in [-0.05, 0) is 98.3 Å². The number of nitrogens with zero attached hydrogens (tertiary/aromatic N) is 1. The van der Waals surface area contributed by atoms with Gasteiger partial charge in [0, 0.05) is 0 Å². The Bertz CT molecular complexity index is 1550. The highest BCUT2D eigenvalue weighted by atomic mass is 32.2. The van der Waals surface area contributed by atoms with Gasteiger partial charge < -0.3 is 10.1 Å². The molecular weight excluding hydrogens is 508 g/mol. The zero-order valence-corrected chi connectivity index (χ0v) is 22.9. The molecule has 0 spiro atoms. The molecule has 0 heterocycles. The highest BCUT2D eigenvalue weighted by Crippen LogP contribution is 2.29. The minimum atomic E-state index is -4.01. The van der Waals surface area contributed by atoms with Gasteiger partial charge in [0.05, 0.1) is 16.6 Å². The number of rotatable bonds is 9. The van der Waals surface area contributed by atoms with Crippen molar-refractivity contribution in [3.8, 4) is 11.5 Å². The van der Waals surface area contributed by atoms with Crippen LogP contribution in [0.25, 0.3) is 0 Å². The summed E-state index contributed by atoms with van der Waals surface area (Å²) in [6.45, 7) is 3.46. The third-order valence-corrected chi connectivity index (χ3v) is 8.79. The SMILES string of the molecule is Cc1ccc(S(=O)(=O)N(CC(=O)N[C@H](C)c2ccc3c(c2)CCC3)c2ccc(Oc3ccccc3)cc2)cc1. The van der Waals surface area contributed by atoms with Crippen LogP contribution in [0.5, 0.6) is 11.5 Å². The smallest absolute Gasteiger partial charge is 0.264 e. The van der Waals surface area contributed by atoms with Crippen LogP contribution in [0.2, 0.25) is 0 Å². The molecule has 0 unspecified atom stereocenters. The van der Waals surface area contributed by atoms with Crippen molar-refractivity contribution in [1.29, 1.82) is 0 Å². The third-order valence-electron chi connectivity index (χ3n) is 7.00. The Hall–Kier alpha value is -4.10. The van der Waals surface area contributed by atoms with Crippen molar-refractivity contribution in [1.82, 2.24) is 5.32 Å². The van der Waals surface area contributed by atoms with E-state index in [0.717, 1.165) is 34.7 Å². The van der Waals surface area contributed by atoms with Crippen molar-refractivity contribution in [2.24, 2.45) is 0 Å². The molecule has 1 amide bonds. The summed E-state index contributed by atoms with van der Waals surface area (Å²) in [5, 5.41) is 2.99. The molecule has 200 valence electrons. The number of benzene rings is 4. The summed E-state index contributed by atoms with van der Waals surface area (Å²) in [6.07, 6.45) is 3.30. The van der Waals surface area contributed by atoms with Gasteiger partial charge >= 0.3 is 0 Å². The predicted octanol–water partition coefficient (Wildman–Crippen LogP) is 6.35. The highest BCUT2D eigenvalue weighted by molar-refractivity contribution is 7.92. The topological polar surface area (TPSA) is 75.7 Å². The molecule has 4 aromatic rings. The second-order valence-electron chi connectivity index (χ2n) is 9.90. The van der Waals surface area contributed by atoms with E-state index in [-0.39, 0.29) is 23.4 Å². The van der Waals surface area contributed by atoms with Crippen molar-refractivity contribution in [3.63, 3.8) is 0 Å². The van der Waals surface area contributed by atoms with E-state index in [9.17, 15) is 13.2 Å². The summed E-state index contributed by atoms with van der Waals surface area (Å²) < 4.78 is 34.5. The van der Waals surface area contributed by atoms with Crippen LogP contribution in [0.15, 0.2) is 102 Å². The number of ether oxygens (including phenoxy) is 1. The van der Waals surface area contributed by atoms with Crippen molar-refractivity contribution in [3.05, 3.63) is 119 Å². The minimum absolute atomic E-state index is 0.122. The van der Waals surface area contributed by atoms with Crippen LogP contribution in [-0.4, -0.2) is 20.9 Å². The van der Waals surface area contributed by atoms with Gasteiger partial charge in [-0.2, -0.15) is 0 Å². The molecule has 39 heavy (non-hydrogen) atoms. The van der Waals surface area contributed by atoms with E-state index in [1.807, 2.05) is 50.2 Å². The fourth-order valence-electron chi connectivity index (χ4n) is 4.82. The molecule has 1 aliphatic carbocycles. The van der Waals surface area contributed by atoms with E-state index in [4.69, 9.17) is 4.74 Å². The normalized spacial score (nSPS) is 13.4. The molecule has 0 aromatic heterocycles.